The molecule has 0 saturated carbocycles. The lowest BCUT2D eigenvalue weighted by atomic mass is 10.1. The summed E-state index contributed by atoms with van der Waals surface area (Å²) in [5.74, 6) is 1.35. The normalized spacial score (nSPS) is 10.7. The van der Waals surface area contributed by atoms with Gasteiger partial charge in [0.05, 0.1) is 17.7 Å². The van der Waals surface area contributed by atoms with Crippen LogP contribution in [0.5, 0.6) is 0 Å². The van der Waals surface area contributed by atoms with Crippen molar-refractivity contribution in [2.75, 3.05) is 5.32 Å². The van der Waals surface area contributed by atoms with Crippen LogP contribution in [0.2, 0.25) is 0 Å². The zero-order chi connectivity index (χ0) is 17.8. The third kappa shape index (κ3) is 3.30. The largest absolute Gasteiger partial charge is 0.469 e. The first-order chi connectivity index (χ1) is 12.8. The van der Waals surface area contributed by atoms with Gasteiger partial charge in [-0.3, -0.25) is 9.97 Å². The molecule has 0 radical (unpaired) electrons. The quantitative estimate of drug-likeness (QED) is 0.587. The van der Waals surface area contributed by atoms with Crippen molar-refractivity contribution in [3.8, 4) is 22.5 Å². The minimum atomic E-state index is 0.545. The van der Waals surface area contributed by atoms with Gasteiger partial charge in [-0.25, -0.2) is 9.97 Å². The summed E-state index contributed by atoms with van der Waals surface area (Å²) >= 11 is 0. The van der Waals surface area contributed by atoms with Crippen molar-refractivity contribution in [3.05, 3.63) is 78.8 Å². The first-order valence-electron chi connectivity index (χ1n) is 8.27. The SMILES string of the molecule is Cc1occc1-c1nc(NCc2cccnc2)ncc1-c1ccccn1. The van der Waals surface area contributed by atoms with Crippen LogP contribution in [0, 0.1) is 6.92 Å². The minimum absolute atomic E-state index is 0.545. The van der Waals surface area contributed by atoms with E-state index in [1.54, 1.807) is 24.9 Å². The topological polar surface area (TPSA) is 76.7 Å². The Morgan fingerprint density at radius 3 is 2.65 bits per heavy atom. The van der Waals surface area contributed by atoms with Crippen LogP contribution in [0.4, 0.5) is 5.95 Å². The molecule has 0 aliphatic carbocycles. The number of hydrogen-bond donors (Lipinski definition) is 1. The number of nitrogens with one attached hydrogen (secondary N) is 1. The fourth-order valence-electron chi connectivity index (χ4n) is 2.70. The molecule has 0 unspecified atom stereocenters. The summed E-state index contributed by atoms with van der Waals surface area (Å²) in [6.45, 7) is 2.52. The monoisotopic (exact) mass is 343 g/mol. The highest BCUT2D eigenvalue weighted by molar-refractivity contribution is 5.79. The summed E-state index contributed by atoms with van der Waals surface area (Å²) < 4.78 is 5.47. The van der Waals surface area contributed by atoms with Crippen molar-refractivity contribution in [1.82, 2.24) is 19.9 Å². The lowest BCUT2D eigenvalue weighted by Crippen LogP contribution is -2.05. The van der Waals surface area contributed by atoms with Gasteiger partial charge in [0.1, 0.15) is 5.76 Å². The molecular formula is C20H17N5O. The van der Waals surface area contributed by atoms with Crippen molar-refractivity contribution >= 4 is 5.95 Å². The molecule has 0 bridgehead atoms. The maximum absolute atomic E-state index is 5.47. The standard InChI is InChI=1S/C20H17N5O/c1-14-16(7-10-26-14)19-17(18-6-2-3-9-22-18)13-24-20(25-19)23-12-15-5-4-8-21-11-15/h2-11,13H,12H2,1H3,(H,23,24,25). The second kappa shape index (κ2) is 7.14. The zero-order valence-corrected chi connectivity index (χ0v) is 14.3. The average molecular weight is 343 g/mol. The van der Waals surface area contributed by atoms with E-state index in [2.05, 4.69) is 20.3 Å². The van der Waals surface area contributed by atoms with Gasteiger partial charge in [-0.15, -0.1) is 0 Å². The van der Waals surface area contributed by atoms with Crippen LogP contribution >= 0.6 is 0 Å². The molecule has 4 aromatic rings. The fourth-order valence-corrected chi connectivity index (χ4v) is 2.70. The molecule has 0 saturated heterocycles. The predicted molar refractivity (Wildman–Crippen MR) is 99.3 cm³/mol. The van der Waals surface area contributed by atoms with E-state index >= 15 is 0 Å². The Labute approximate surface area is 151 Å². The first-order valence-corrected chi connectivity index (χ1v) is 8.27. The molecule has 4 aromatic heterocycles. The molecule has 6 nitrogen and oxygen atoms in total. The van der Waals surface area contributed by atoms with Gasteiger partial charge < -0.3 is 9.73 Å². The number of hydrogen-bond acceptors (Lipinski definition) is 6. The van der Waals surface area contributed by atoms with E-state index in [1.807, 2.05) is 49.5 Å². The zero-order valence-electron chi connectivity index (χ0n) is 14.3. The van der Waals surface area contributed by atoms with Crippen molar-refractivity contribution < 1.29 is 4.42 Å². The second-order valence-corrected chi connectivity index (χ2v) is 5.78. The Balaban J connectivity index is 1.71. The van der Waals surface area contributed by atoms with Gasteiger partial charge in [0, 0.05) is 42.5 Å². The molecule has 4 heterocycles. The maximum Gasteiger partial charge on any atom is 0.223 e. The second-order valence-electron chi connectivity index (χ2n) is 5.78. The highest BCUT2D eigenvalue weighted by Crippen LogP contribution is 2.32. The average Bonchev–Trinajstić information content (AvgIpc) is 3.13. The summed E-state index contributed by atoms with van der Waals surface area (Å²) in [4.78, 5) is 17.7. The third-order valence-corrected chi connectivity index (χ3v) is 4.02. The van der Waals surface area contributed by atoms with E-state index < -0.39 is 0 Å². The first kappa shape index (κ1) is 16.0. The van der Waals surface area contributed by atoms with Crippen LogP contribution in [0.15, 0.2) is 71.9 Å². The third-order valence-electron chi connectivity index (χ3n) is 4.02. The molecule has 0 aliphatic heterocycles. The van der Waals surface area contributed by atoms with E-state index in [4.69, 9.17) is 9.40 Å². The highest BCUT2D eigenvalue weighted by atomic mass is 16.3. The van der Waals surface area contributed by atoms with Gasteiger partial charge in [0.25, 0.3) is 0 Å². The van der Waals surface area contributed by atoms with Gasteiger partial charge in [-0.1, -0.05) is 12.1 Å². The predicted octanol–water partition coefficient (Wildman–Crippen LogP) is 4.11. The molecule has 0 amide bonds. The summed E-state index contributed by atoms with van der Waals surface area (Å²) in [5, 5.41) is 3.25. The molecule has 0 spiro atoms. The number of pyridine rings is 2. The van der Waals surface area contributed by atoms with E-state index in [-0.39, 0.29) is 0 Å². The molecule has 1 N–H and O–H groups in total. The van der Waals surface area contributed by atoms with E-state index in [0.717, 1.165) is 33.8 Å². The summed E-state index contributed by atoms with van der Waals surface area (Å²) in [5.41, 5.74) is 4.46. The summed E-state index contributed by atoms with van der Waals surface area (Å²) in [6.07, 6.45) is 8.79. The Kier molecular flexibility index (Phi) is 4.38. The maximum atomic E-state index is 5.47. The molecule has 0 atom stereocenters. The molecule has 26 heavy (non-hydrogen) atoms. The van der Waals surface area contributed by atoms with Gasteiger partial charge in [-0.2, -0.15) is 0 Å². The Morgan fingerprint density at radius 2 is 1.92 bits per heavy atom. The van der Waals surface area contributed by atoms with Gasteiger partial charge in [0.15, 0.2) is 0 Å². The molecule has 128 valence electrons. The van der Waals surface area contributed by atoms with Gasteiger partial charge in [0.2, 0.25) is 5.95 Å². The number of nitrogens with zero attached hydrogens (tertiary/aromatic N) is 4. The number of anilines is 1. The van der Waals surface area contributed by atoms with Crippen molar-refractivity contribution in [1.29, 1.82) is 0 Å². The van der Waals surface area contributed by atoms with E-state index in [9.17, 15) is 0 Å². The lowest BCUT2D eigenvalue weighted by Gasteiger charge is -2.11. The van der Waals surface area contributed by atoms with Crippen molar-refractivity contribution in [2.24, 2.45) is 0 Å². The molecular weight excluding hydrogens is 326 g/mol. The molecule has 0 aromatic carbocycles. The fraction of sp³-hybridized carbons (Fsp3) is 0.100. The molecule has 0 fully saturated rings. The Bertz CT molecular complexity index is 999. The van der Waals surface area contributed by atoms with Crippen molar-refractivity contribution in [3.63, 3.8) is 0 Å². The van der Waals surface area contributed by atoms with Gasteiger partial charge in [-0.05, 0) is 36.8 Å². The van der Waals surface area contributed by atoms with Crippen LogP contribution in [-0.2, 0) is 6.54 Å². The molecule has 0 aliphatic rings. The lowest BCUT2D eigenvalue weighted by molar-refractivity contribution is 0.535. The summed E-state index contributed by atoms with van der Waals surface area (Å²) in [6, 6.07) is 11.6. The Hall–Kier alpha value is -3.54. The van der Waals surface area contributed by atoms with Crippen LogP contribution < -0.4 is 5.32 Å². The smallest absolute Gasteiger partial charge is 0.223 e. The number of furan rings is 1. The summed E-state index contributed by atoms with van der Waals surface area (Å²) in [7, 11) is 0. The van der Waals surface area contributed by atoms with Crippen LogP contribution in [0.25, 0.3) is 22.5 Å². The van der Waals surface area contributed by atoms with Crippen LogP contribution in [-0.4, -0.2) is 19.9 Å². The van der Waals surface area contributed by atoms with E-state index in [1.165, 1.54) is 0 Å². The highest BCUT2D eigenvalue weighted by Gasteiger charge is 2.15. The number of aromatic nitrogens is 4. The Morgan fingerprint density at radius 1 is 0.962 bits per heavy atom. The molecule has 4 rings (SSSR count). The van der Waals surface area contributed by atoms with Gasteiger partial charge >= 0.3 is 0 Å². The van der Waals surface area contributed by atoms with Crippen LogP contribution in [0.1, 0.15) is 11.3 Å². The minimum Gasteiger partial charge on any atom is -0.469 e. The van der Waals surface area contributed by atoms with Crippen LogP contribution in [0.3, 0.4) is 0 Å². The molecule has 6 heteroatoms. The number of aryl methyl sites for hydroxylation is 1. The van der Waals surface area contributed by atoms with Crippen molar-refractivity contribution in [2.45, 2.75) is 13.5 Å². The van der Waals surface area contributed by atoms with E-state index in [0.29, 0.717) is 12.5 Å². The number of rotatable bonds is 5.